The SMILES string of the molecule is CC(C)(C)c1cc2nc([C@H]3CCN(C(=O)COCCN4CCCC4=O)C3)cc(=O)n2[nH]1. The molecule has 9 nitrogen and oxygen atoms in total. The van der Waals surface area contributed by atoms with Gasteiger partial charge in [0.25, 0.3) is 5.56 Å². The predicted molar refractivity (Wildman–Crippen MR) is 115 cm³/mol. The molecule has 9 heteroatoms. The van der Waals surface area contributed by atoms with Gasteiger partial charge in [-0.1, -0.05) is 20.8 Å². The van der Waals surface area contributed by atoms with Crippen molar-refractivity contribution >= 4 is 17.5 Å². The van der Waals surface area contributed by atoms with Crippen LogP contribution in [-0.4, -0.2) is 75.6 Å². The van der Waals surface area contributed by atoms with Crippen molar-refractivity contribution in [2.75, 3.05) is 39.4 Å². The van der Waals surface area contributed by atoms with Crippen LogP contribution in [0, 0.1) is 0 Å². The van der Waals surface area contributed by atoms with Crippen molar-refractivity contribution in [3.05, 3.63) is 33.9 Å². The number of hydrogen-bond acceptors (Lipinski definition) is 5. The first-order valence-corrected chi connectivity index (χ1v) is 11.0. The van der Waals surface area contributed by atoms with Crippen molar-refractivity contribution in [1.29, 1.82) is 0 Å². The van der Waals surface area contributed by atoms with Gasteiger partial charge in [-0.3, -0.25) is 19.5 Å². The minimum absolute atomic E-state index is 0.0105. The van der Waals surface area contributed by atoms with Gasteiger partial charge >= 0.3 is 0 Å². The number of carbonyl (C=O) groups is 2. The molecule has 168 valence electrons. The number of carbonyl (C=O) groups excluding carboxylic acids is 2. The molecule has 2 saturated heterocycles. The van der Waals surface area contributed by atoms with Crippen LogP contribution in [0.4, 0.5) is 0 Å². The monoisotopic (exact) mass is 429 g/mol. The number of likely N-dealkylation sites (tertiary alicyclic amines) is 2. The van der Waals surface area contributed by atoms with Crippen LogP contribution in [0.1, 0.15) is 57.3 Å². The zero-order valence-corrected chi connectivity index (χ0v) is 18.5. The van der Waals surface area contributed by atoms with Crippen molar-refractivity contribution in [2.45, 2.75) is 51.4 Å². The van der Waals surface area contributed by atoms with E-state index in [0.717, 1.165) is 30.8 Å². The summed E-state index contributed by atoms with van der Waals surface area (Å²) < 4.78 is 6.99. The van der Waals surface area contributed by atoms with Crippen molar-refractivity contribution in [3.63, 3.8) is 0 Å². The summed E-state index contributed by atoms with van der Waals surface area (Å²) >= 11 is 0. The molecule has 2 aliphatic rings. The van der Waals surface area contributed by atoms with Crippen LogP contribution in [0.3, 0.4) is 0 Å². The highest BCUT2D eigenvalue weighted by Crippen LogP contribution is 2.26. The number of ether oxygens (including phenoxy) is 1. The number of nitrogens with one attached hydrogen (secondary N) is 1. The molecule has 0 saturated carbocycles. The van der Waals surface area contributed by atoms with Gasteiger partial charge < -0.3 is 14.5 Å². The molecule has 0 spiro atoms. The van der Waals surface area contributed by atoms with Crippen LogP contribution in [0.2, 0.25) is 0 Å². The first-order valence-electron chi connectivity index (χ1n) is 11.0. The average molecular weight is 430 g/mol. The Morgan fingerprint density at radius 3 is 2.77 bits per heavy atom. The topological polar surface area (TPSA) is 100 Å². The molecule has 1 N–H and O–H groups in total. The third-order valence-electron chi connectivity index (χ3n) is 6.14. The van der Waals surface area contributed by atoms with Crippen LogP contribution in [0.5, 0.6) is 0 Å². The summed E-state index contributed by atoms with van der Waals surface area (Å²) in [5.74, 6) is 0.135. The molecule has 2 aromatic heterocycles. The van der Waals surface area contributed by atoms with Crippen LogP contribution in [0.15, 0.2) is 16.9 Å². The van der Waals surface area contributed by atoms with E-state index in [-0.39, 0.29) is 35.3 Å². The molecule has 2 fully saturated rings. The highest BCUT2D eigenvalue weighted by molar-refractivity contribution is 5.78. The zero-order chi connectivity index (χ0) is 22.2. The first-order chi connectivity index (χ1) is 14.7. The predicted octanol–water partition coefficient (Wildman–Crippen LogP) is 1.28. The van der Waals surface area contributed by atoms with E-state index in [9.17, 15) is 14.4 Å². The molecular weight excluding hydrogens is 398 g/mol. The molecule has 2 aromatic rings. The average Bonchev–Trinajstić information content (AvgIpc) is 3.44. The lowest BCUT2D eigenvalue weighted by molar-refractivity contribution is -0.135. The van der Waals surface area contributed by atoms with E-state index in [0.29, 0.717) is 38.3 Å². The molecule has 31 heavy (non-hydrogen) atoms. The fourth-order valence-corrected chi connectivity index (χ4v) is 4.20. The quantitative estimate of drug-likeness (QED) is 0.697. The van der Waals surface area contributed by atoms with Crippen LogP contribution < -0.4 is 5.56 Å². The van der Waals surface area contributed by atoms with Crippen LogP contribution >= 0.6 is 0 Å². The molecule has 0 aliphatic carbocycles. The second kappa shape index (κ2) is 8.45. The Morgan fingerprint density at radius 2 is 2.06 bits per heavy atom. The Morgan fingerprint density at radius 1 is 1.26 bits per heavy atom. The minimum atomic E-state index is -0.139. The van der Waals surface area contributed by atoms with Gasteiger partial charge in [-0.25, -0.2) is 9.50 Å². The van der Waals surface area contributed by atoms with Gasteiger partial charge in [0.2, 0.25) is 11.8 Å². The fourth-order valence-electron chi connectivity index (χ4n) is 4.20. The summed E-state index contributed by atoms with van der Waals surface area (Å²) in [6.07, 6.45) is 2.28. The molecule has 2 amide bonds. The number of hydrogen-bond donors (Lipinski definition) is 1. The lowest BCUT2D eigenvalue weighted by Gasteiger charge is -2.18. The Labute approximate surface area is 181 Å². The number of aromatic nitrogens is 3. The van der Waals surface area contributed by atoms with Gasteiger partial charge in [0.15, 0.2) is 5.65 Å². The van der Waals surface area contributed by atoms with Gasteiger partial charge in [0.1, 0.15) is 6.61 Å². The van der Waals surface area contributed by atoms with Gasteiger partial charge in [0, 0.05) is 61.8 Å². The Kier molecular flexibility index (Phi) is 5.88. The maximum atomic E-state index is 12.6. The molecule has 4 heterocycles. The molecule has 0 aromatic carbocycles. The molecule has 0 bridgehead atoms. The van der Waals surface area contributed by atoms with Crippen LogP contribution in [0.25, 0.3) is 5.65 Å². The van der Waals surface area contributed by atoms with Gasteiger partial charge in [-0.15, -0.1) is 0 Å². The Hall–Kier alpha value is -2.68. The summed E-state index contributed by atoms with van der Waals surface area (Å²) in [6.45, 7) is 9.09. The Bertz CT molecular complexity index is 1030. The summed E-state index contributed by atoms with van der Waals surface area (Å²) in [6, 6.07) is 3.49. The number of fused-ring (bicyclic) bond motifs is 1. The van der Waals surface area contributed by atoms with E-state index in [1.807, 2.05) is 6.07 Å². The summed E-state index contributed by atoms with van der Waals surface area (Å²) in [4.78, 5) is 44.9. The maximum absolute atomic E-state index is 12.6. The summed E-state index contributed by atoms with van der Waals surface area (Å²) in [5, 5.41) is 3.14. The number of nitrogens with zero attached hydrogens (tertiary/aromatic N) is 4. The lowest BCUT2D eigenvalue weighted by Crippen LogP contribution is -2.34. The standard InChI is InChI=1S/C22H31N5O4/c1-22(2,3)17-12-18-23-16(11-20(29)27(18)24-17)15-6-8-26(13-15)21(30)14-31-10-9-25-7-4-5-19(25)28/h11-12,15,24H,4-10,13-14H2,1-3H3/t15-/m0/s1. The van der Waals surface area contributed by atoms with Crippen molar-refractivity contribution < 1.29 is 14.3 Å². The summed E-state index contributed by atoms with van der Waals surface area (Å²) in [7, 11) is 0. The number of aromatic amines is 1. The fraction of sp³-hybridized carbons (Fsp3) is 0.636. The van der Waals surface area contributed by atoms with Crippen molar-refractivity contribution in [2.24, 2.45) is 0 Å². The van der Waals surface area contributed by atoms with E-state index in [1.54, 1.807) is 15.9 Å². The third-order valence-corrected chi connectivity index (χ3v) is 6.14. The second-order valence-electron chi connectivity index (χ2n) is 9.49. The van der Waals surface area contributed by atoms with Crippen LogP contribution in [-0.2, 0) is 19.7 Å². The van der Waals surface area contributed by atoms with Gasteiger partial charge in [0.05, 0.1) is 12.3 Å². The summed E-state index contributed by atoms with van der Waals surface area (Å²) in [5.41, 5.74) is 2.04. The van der Waals surface area contributed by atoms with Gasteiger partial charge in [-0.05, 0) is 12.8 Å². The molecule has 0 unspecified atom stereocenters. The first kappa shape index (κ1) is 21.5. The normalized spacial score (nSPS) is 19.7. The lowest BCUT2D eigenvalue weighted by atomic mass is 9.93. The smallest absolute Gasteiger partial charge is 0.272 e. The minimum Gasteiger partial charge on any atom is -0.370 e. The number of H-pyrrole nitrogens is 1. The van der Waals surface area contributed by atoms with E-state index in [4.69, 9.17) is 9.72 Å². The maximum Gasteiger partial charge on any atom is 0.272 e. The molecule has 0 radical (unpaired) electrons. The molecule has 2 aliphatic heterocycles. The Balaban J connectivity index is 1.33. The van der Waals surface area contributed by atoms with Crippen molar-refractivity contribution in [1.82, 2.24) is 24.4 Å². The largest absolute Gasteiger partial charge is 0.370 e. The molecule has 4 rings (SSSR count). The number of amides is 2. The van der Waals surface area contributed by atoms with Crippen molar-refractivity contribution in [3.8, 4) is 0 Å². The highest BCUT2D eigenvalue weighted by atomic mass is 16.5. The van der Waals surface area contributed by atoms with E-state index >= 15 is 0 Å². The zero-order valence-electron chi connectivity index (χ0n) is 18.5. The molecule has 1 atom stereocenters. The highest BCUT2D eigenvalue weighted by Gasteiger charge is 2.29. The van der Waals surface area contributed by atoms with Gasteiger partial charge in [-0.2, -0.15) is 0 Å². The third kappa shape index (κ3) is 4.66. The van der Waals surface area contributed by atoms with E-state index in [2.05, 4.69) is 25.9 Å². The number of rotatable bonds is 6. The molecular formula is C22H31N5O4. The van der Waals surface area contributed by atoms with E-state index < -0.39 is 0 Å². The van der Waals surface area contributed by atoms with E-state index in [1.165, 1.54) is 4.52 Å². The second-order valence-corrected chi connectivity index (χ2v) is 9.49.